The van der Waals surface area contributed by atoms with Gasteiger partial charge in [-0.15, -0.1) is 11.8 Å². The van der Waals surface area contributed by atoms with Gasteiger partial charge < -0.3 is 4.74 Å². The Balaban J connectivity index is 2.61. The number of rotatable bonds is 6. The number of Topliss-reactive ketones (excluding diaryl/α,β-unsaturated/α-hetero) is 1. The third-order valence-electron chi connectivity index (χ3n) is 2.33. The number of benzene rings is 1. The first kappa shape index (κ1) is 15.6. The molecule has 1 unspecified atom stereocenters. The Bertz CT molecular complexity index is 477. The molecule has 0 fully saturated rings. The smallest absolute Gasteiger partial charge is 0.315 e. The summed E-state index contributed by atoms with van der Waals surface area (Å²) in [6, 6.07) is 2.99. The Morgan fingerprint density at radius 2 is 2.00 bits per heavy atom. The van der Waals surface area contributed by atoms with Gasteiger partial charge in [-0.3, -0.25) is 9.59 Å². The highest BCUT2D eigenvalue weighted by atomic mass is 32.2. The van der Waals surface area contributed by atoms with Crippen LogP contribution in [-0.4, -0.2) is 29.4 Å². The molecule has 0 spiro atoms. The van der Waals surface area contributed by atoms with Crippen LogP contribution in [0.25, 0.3) is 0 Å². The molecule has 6 heteroatoms. The Hall–Kier alpha value is -1.43. The summed E-state index contributed by atoms with van der Waals surface area (Å²) >= 11 is 1.10. The van der Waals surface area contributed by atoms with Crippen LogP contribution in [0.2, 0.25) is 0 Å². The number of carbonyl (C=O) groups is 2. The van der Waals surface area contributed by atoms with Gasteiger partial charge in [0.1, 0.15) is 0 Å². The minimum Gasteiger partial charge on any atom is -0.465 e. The third kappa shape index (κ3) is 4.63. The summed E-state index contributed by atoms with van der Waals surface area (Å²) in [4.78, 5) is 23.1. The molecule has 0 heterocycles. The van der Waals surface area contributed by atoms with E-state index in [0.717, 1.165) is 23.9 Å². The first-order valence-corrected chi connectivity index (χ1v) is 6.77. The molecule has 1 atom stereocenters. The fourth-order valence-electron chi connectivity index (χ4n) is 1.36. The first-order valence-electron chi connectivity index (χ1n) is 5.72. The van der Waals surface area contributed by atoms with E-state index in [9.17, 15) is 18.4 Å². The normalized spacial score (nSPS) is 12.0. The molecule has 1 aromatic rings. The highest BCUT2D eigenvalue weighted by Crippen LogP contribution is 2.18. The largest absolute Gasteiger partial charge is 0.465 e. The summed E-state index contributed by atoms with van der Waals surface area (Å²) in [5.74, 6) is -2.77. The van der Waals surface area contributed by atoms with E-state index in [1.807, 2.05) is 0 Å². The molecule has 1 rings (SSSR count). The molecule has 0 aliphatic carbocycles. The Labute approximate surface area is 114 Å². The van der Waals surface area contributed by atoms with Crippen molar-refractivity contribution < 1.29 is 23.1 Å². The number of ether oxygens (including phenoxy) is 1. The predicted octanol–water partition coefficient (Wildman–Crippen LogP) is 2.83. The molecule has 0 amide bonds. The molecule has 19 heavy (non-hydrogen) atoms. The van der Waals surface area contributed by atoms with Crippen LogP contribution in [0.15, 0.2) is 18.2 Å². The quantitative estimate of drug-likeness (QED) is 0.596. The van der Waals surface area contributed by atoms with Gasteiger partial charge in [-0.05, 0) is 32.0 Å². The third-order valence-corrected chi connectivity index (χ3v) is 3.45. The molecular weight excluding hydrogens is 274 g/mol. The van der Waals surface area contributed by atoms with E-state index < -0.39 is 22.9 Å². The maximum atomic E-state index is 13.0. The van der Waals surface area contributed by atoms with Gasteiger partial charge in [0, 0.05) is 5.56 Å². The summed E-state index contributed by atoms with van der Waals surface area (Å²) in [6.45, 7) is 3.58. The zero-order valence-electron chi connectivity index (χ0n) is 10.6. The van der Waals surface area contributed by atoms with Gasteiger partial charge in [-0.2, -0.15) is 0 Å². The van der Waals surface area contributed by atoms with E-state index in [-0.39, 0.29) is 23.7 Å². The molecule has 0 aliphatic heterocycles. The van der Waals surface area contributed by atoms with Gasteiger partial charge in [-0.1, -0.05) is 0 Å². The van der Waals surface area contributed by atoms with Crippen LogP contribution in [0.5, 0.6) is 0 Å². The standard InChI is InChI=1S/C13H14F2O3S/c1-3-18-12(16)7-19-8(2)13(17)9-4-5-10(14)11(15)6-9/h4-6,8H,3,7H2,1-2H3. The molecule has 0 saturated heterocycles. The number of halogens is 2. The molecule has 0 saturated carbocycles. The summed E-state index contributed by atoms with van der Waals surface area (Å²) in [6.07, 6.45) is 0. The zero-order chi connectivity index (χ0) is 14.4. The van der Waals surface area contributed by atoms with Crippen molar-refractivity contribution in [3.8, 4) is 0 Å². The van der Waals surface area contributed by atoms with E-state index in [2.05, 4.69) is 0 Å². The number of hydrogen-bond acceptors (Lipinski definition) is 4. The molecule has 3 nitrogen and oxygen atoms in total. The highest BCUT2D eigenvalue weighted by Gasteiger charge is 2.18. The van der Waals surface area contributed by atoms with Crippen LogP contribution in [0, 0.1) is 11.6 Å². The van der Waals surface area contributed by atoms with Gasteiger partial charge in [0.2, 0.25) is 0 Å². The van der Waals surface area contributed by atoms with Gasteiger partial charge in [0.05, 0.1) is 17.6 Å². The van der Waals surface area contributed by atoms with Crippen LogP contribution in [0.4, 0.5) is 8.78 Å². The average Bonchev–Trinajstić information content (AvgIpc) is 2.38. The van der Waals surface area contributed by atoms with E-state index in [1.165, 1.54) is 6.07 Å². The van der Waals surface area contributed by atoms with Crippen molar-refractivity contribution in [2.45, 2.75) is 19.1 Å². The second kappa shape index (κ2) is 7.23. The molecule has 0 radical (unpaired) electrons. The van der Waals surface area contributed by atoms with Crippen LogP contribution >= 0.6 is 11.8 Å². The summed E-state index contributed by atoms with van der Waals surface area (Å²) < 4.78 is 30.5. The van der Waals surface area contributed by atoms with Crippen LogP contribution in [0.3, 0.4) is 0 Å². The maximum Gasteiger partial charge on any atom is 0.315 e. The zero-order valence-corrected chi connectivity index (χ0v) is 11.4. The van der Waals surface area contributed by atoms with Crippen molar-refractivity contribution in [1.29, 1.82) is 0 Å². The Kier molecular flexibility index (Phi) is 5.95. The van der Waals surface area contributed by atoms with E-state index in [1.54, 1.807) is 13.8 Å². The molecular formula is C13H14F2O3S. The van der Waals surface area contributed by atoms with Gasteiger partial charge in [-0.25, -0.2) is 8.78 Å². The predicted molar refractivity (Wildman–Crippen MR) is 69.2 cm³/mol. The molecule has 0 aromatic heterocycles. The second-order valence-electron chi connectivity index (χ2n) is 3.75. The number of hydrogen-bond donors (Lipinski definition) is 0. The van der Waals surface area contributed by atoms with Crippen LogP contribution in [-0.2, 0) is 9.53 Å². The Morgan fingerprint density at radius 1 is 1.32 bits per heavy atom. The first-order chi connectivity index (χ1) is 8.95. The number of thioether (sulfide) groups is 1. The van der Waals surface area contributed by atoms with Crippen molar-refractivity contribution in [1.82, 2.24) is 0 Å². The van der Waals surface area contributed by atoms with Crippen molar-refractivity contribution in [2.24, 2.45) is 0 Å². The van der Waals surface area contributed by atoms with Crippen molar-refractivity contribution in [3.05, 3.63) is 35.4 Å². The van der Waals surface area contributed by atoms with E-state index >= 15 is 0 Å². The maximum absolute atomic E-state index is 13.0. The topological polar surface area (TPSA) is 43.4 Å². The van der Waals surface area contributed by atoms with Crippen LogP contribution in [0.1, 0.15) is 24.2 Å². The van der Waals surface area contributed by atoms with Crippen molar-refractivity contribution in [3.63, 3.8) is 0 Å². The summed E-state index contributed by atoms with van der Waals surface area (Å²) in [7, 11) is 0. The number of ketones is 1. The SMILES string of the molecule is CCOC(=O)CSC(C)C(=O)c1ccc(F)c(F)c1. The lowest BCUT2D eigenvalue weighted by Crippen LogP contribution is -2.17. The lowest BCUT2D eigenvalue weighted by Gasteiger charge is -2.10. The van der Waals surface area contributed by atoms with Gasteiger partial charge in [0.25, 0.3) is 0 Å². The molecule has 0 aliphatic rings. The lowest BCUT2D eigenvalue weighted by atomic mass is 10.1. The van der Waals surface area contributed by atoms with Crippen molar-refractivity contribution in [2.75, 3.05) is 12.4 Å². The number of carbonyl (C=O) groups excluding carboxylic acids is 2. The molecule has 0 N–H and O–H groups in total. The number of esters is 1. The minimum atomic E-state index is -1.06. The molecule has 0 bridgehead atoms. The molecule has 104 valence electrons. The fraction of sp³-hybridized carbons (Fsp3) is 0.385. The monoisotopic (exact) mass is 288 g/mol. The lowest BCUT2D eigenvalue weighted by molar-refractivity contribution is -0.139. The Morgan fingerprint density at radius 3 is 2.58 bits per heavy atom. The summed E-state index contributed by atoms with van der Waals surface area (Å²) in [5, 5.41) is -0.533. The summed E-state index contributed by atoms with van der Waals surface area (Å²) in [5.41, 5.74) is 0.0859. The van der Waals surface area contributed by atoms with E-state index in [4.69, 9.17) is 4.74 Å². The molecule has 1 aromatic carbocycles. The average molecular weight is 288 g/mol. The van der Waals surface area contributed by atoms with Crippen molar-refractivity contribution >= 4 is 23.5 Å². The fourth-order valence-corrected chi connectivity index (χ4v) is 2.11. The minimum absolute atomic E-state index is 0.0461. The van der Waals surface area contributed by atoms with Gasteiger partial charge >= 0.3 is 5.97 Å². The van der Waals surface area contributed by atoms with Crippen LogP contribution < -0.4 is 0 Å². The van der Waals surface area contributed by atoms with E-state index in [0.29, 0.717) is 0 Å². The van der Waals surface area contributed by atoms with Gasteiger partial charge in [0.15, 0.2) is 17.4 Å². The highest BCUT2D eigenvalue weighted by molar-refractivity contribution is 8.01. The second-order valence-corrected chi connectivity index (χ2v) is 5.08.